The van der Waals surface area contributed by atoms with Crippen LogP contribution in [0, 0.1) is 30.5 Å². The highest BCUT2D eigenvalue weighted by molar-refractivity contribution is 8.00. The zero-order valence-electron chi connectivity index (χ0n) is 18.3. The second-order valence-corrected chi connectivity index (χ2v) is 11.7. The van der Waals surface area contributed by atoms with Crippen LogP contribution in [0.2, 0.25) is 0 Å². The highest BCUT2D eigenvalue weighted by atomic mass is 32.2. The number of nitrogens with zero attached hydrogens (tertiary/aromatic N) is 1. The Hall–Kier alpha value is -2.38. The second kappa shape index (κ2) is 8.13. The van der Waals surface area contributed by atoms with Crippen molar-refractivity contribution in [2.24, 2.45) is 17.8 Å². The standard InChI is InChI=1S/C26H25FN2O2S2/c1-14-2-10-19(11-3-14)28-20(30)13-29-25-24(33-26(29)31)21(15-6-8-18(27)9-7-15)22-16-4-5-17(12-16)23(22)32-25/h2-3,6-11,16-17,21-23H,4-5,12-13H2,1H3,(H,28,30)/t16-,17-,21-,22-,23+/m0/s1. The fourth-order valence-electron chi connectivity index (χ4n) is 6.11. The summed E-state index contributed by atoms with van der Waals surface area (Å²) in [5.41, 5.74) is 2.94. The SMILES string of the molecule is Cc1ccc(NC(=O)Cn2c3c(sc2=O)[C@@H](c2ccc(F)cc2)[C@@H]2[C@H]4CC[C@@H](C4)[C@H]2S3)cc1. The van der Waals surface area contributed by atoms with Crippen molar-refractivity contribution < 1.29 is 9.18 Å². The molecule has 7 heteroatoms. The lowest BCUT2D eigenvalue weighted by Gasteiger charge is -2.40. The van der Waals surface area contributed by atoms with Gasteiger partial charge in [-0.15, -0.1) is 11.8 Å². The van der Waals surface area contributed by atoms with Crippen molar-refractivity contribution in [2.45, 2.75) is 48.9 Å². The Morgan fingerprint density at radius 3 is 2.58 bits per heavy atom. The number of nitrogens with one attached hydrogen (secondary N) is 1. The minimum absolute atomic E-state index is 0.00711. The summed E-state index contributed by atoms with van der Waals surface area (Å²) in [7, 11) is 0. The number of hydrogen-bond donors (Lipinski definition) is 1. The van der Waals surface area contributed by atoms with Crippen molar-refractivity contribution in [3.8, 4) is 0 Å². The molecule has 0 unspecified atom stereocenters. The summed E-state index contributed by atoms with van der Waals surface area (Å²) in [5, 5.41) is 4.31. The van der Waals surface area contributed by atoms with Crippen LogP contribution in [0.15, 0.2) is 58.4 Å². The van der Waals surface area contributed by atoms with Crippen molar-refractivity contribution >= 4 is 34.7 Å². The highest BCUT2D eigenvalue weighted by Crippen LogP contribution is 2.63. The molecule has 2 aromatic carbocycles. The Morgan fingerprint density at radius 1 is 1.09 bits per heavy atom. The lowest BCUT2D eigenvalue weighted by molar-refractivity contribution is -0.116. The number of anilines is 1. The third kappa shape index (κ3) is 3.66. The van der Waals surface area contributed by atoms with Crippen molar-refractivity contribution in [1.82, 2.24) is 4.57 Å². The number of carbonyl (C=O) groups is 1. The summed E-state index contributed by atoms with van der Waals surface area (Å²) in [4.78, 5) is 26.9. The highest BCUT2D eigenvalue weighted by Gasteiger charge is 2.55. The first-order chi connectivity index (χ1) is 16.0. The summed E-state index contributed by atoms with van der Waals surface area (Å²) < 4.78 is 15.3. The van der Waals surface area contributed by atoms with E-state index in [9.17, 15) is 14.0 Å². The normalized spacial score (nSPS) is 27.3. The fourth-order valence-corrected chi connectivity index (χ4v) is 9.26. The Balaban J connectivity index is 1.36. The minimum Gasteiger partial charge on any atom is -0.325 e. The number of amides is 1. The van der Waals surface area contributed by atoms with E-state index in [0.29, 0.717) is 23.0 Å². The molecule has 0 saturated heterocycles. The van der Waals surface area contributed by atoms with Gasteiger partial charge in [-0.05, 0) is 73.8 Å². The number of benzene rings is 2. The number of aryl methyl sites for hydroxylation is 1. The first-order valence-corrected chi connectivity index (χ1v) is 13.2. The van der Waals surface area contributed by atoms with Crippen LogP contribution in [0.5, 0.6) is 0 Å². The summed E-state index contributed by atoms with van der Waals surface area (Å²) in [6.45, 7) is 2.01. The van der Waals surface area contributed by atoms with E-state index in [4.69, 9.17) is 0 Å². The zero-order valence-corrected chi connectivity index (χ0v) is 19.9. The first kappa shape index (κ1) is 21.2. The summed E-state index contributed by atoms with van der Waals surface area (Å²) in [5.74, 6) is 1.45. The van der Waals surface area contributed by atoms with Crippen LogP contribution in [0.4, 0.5) is 10.1 Å². The fraction of sp³-hybridized carbons (Fsp3) is 0.385. The van der Waals surface area contributed by atoms with Crippen molar-refractivity contribution in [3.05, 3.63) is 80.0 Å². The zero-order chi connectivity index (χ0) is 22.7. The number of halogens is 1. The number of rotatable bonds is 4. The van der Waals surface area contributed by atoms with E-state index in [-0.39, 0.29) is 29.1 Å². The van der Waals surface area contributed by atoms with E-state index in [0.717, 1.165) is 26.7 Å². The van der Waals surface area contributed by atoms with E-state index in [2.05, 4.69) is 5.32 Å². The van der Waals surface area contributed by atoms with E-state index < -0.39 is 0 Å². The van der Waals surface area contributed by atoms with Crippen LogP contribution in [0.3, 0.4) is 0 Å². The average Bonchev–Trinajstić information content (AvgIpc) is 3.49. The van der Waals surface area contributed by atoms with Gasteiger partial charge in [0.2, 0.25) is 5.91 Å². The Bertz CT molecular complexity index is 1260. The van der Waals surface area contributed by atoms with Gasteiger partial charge in [-0.3, -0.25) is 14.2 Å². The molecule has 1 aromatic heterocycles. The van der Waals surface area contributed by atoms with Crippen LogP contribution in [-0.4, -0.2) is 15.7 Å². The molecule has 6 rings (SSSR count). The van der Waals surface area contributed by atoms with Gasteiger partial charge in [-0.2, -0.15) is 0 Å². The van der Waals surface area contributed by atoms with E-state index in [1.807, 2.05) is 55.1 Å². The lowest BCUT2D eigenvalue weighted by atomic mass is 9.75. The maximum absolute atomic E-state index is 13.7. The van der Waals surface area contributed by atoms with Crippen LogP contribution >= 0.6 is 23.1 Å². The van der Waals surface area contributed by atoms with Gasteiger partial charge in [-0.25, -0.2) is 4.39 Å². The van der Waals surface area contributed by atoms with E-state index >= 15 is 0 Å². The van der Waals surface area contributed by atoms with Gasteiger partial charge >= 0.3 is 4.87 Å². The minimum atomic E-state index is -0.243. The predicted molar refractivity (Wildman–Crippen MR) is 131 cm³/mol. The molecule has 1 aliphatic heterocycles. The van der Waals surface area contributed by atoms with Gasteiger partial charge in [0.05, 0.1) is 5.03 Å². The van der Waals surface area contributed by atoms with Crippen LogP contribution in [0.1, 0.15) is 41.2 Å². The summed E-state index contributed by atoms with van der Waals surface area (Å²) in [6.07, 6.45) is 3.73. The van der Waals surface area contributed by atoms with Gasteiger partial charge in [0.15, 0.2) is 0 Å². The molecule has 3 aromatic rings. The van der Waals surface area contributed by atoms with Crippen LogP contribution in [-0.2, 0) is 11.3 Å². The molecule has 1 N–H and O–H groups in total. The van der Waals surface area contributed by atoms with Crippen molar-refractivity contribution in [2.75, 3.05) is 5.32 Å². The Kier molecular flexibility index (Phi) is 5.22. The number of thiazole rings is 1. The molecule has 0 spiro atoms. The molecule has 1 amide bonds. The number of hydrogen-bond acceptors (Lipinski definition) is 4. The summed E-state index contributed by atoms with van der Waals surface area (Å²) in [6, 6.07) is 14.4. The quantitative estimate of drug-likeness (QED) is 0.525. The Morgan fingerprint density at radius 2 is 1.82 bits per heavy atom. The molecule has 0 radical (unpaired) electrons. The third-order valence-electron chi connectivity index (χ3n) is 7.56. The number of fused-ring (bicyclic) bond motifs is 6. The topological polar surface area (TPSA) is 51.1 Å². The summed E-state index contributed by atoms with van der Waals surface area (Å²) >= 11 is 3.07. The van der Waals surface area contributed by atoms with E-state index in [1.54, 1.807) is 4.57 Å². The molecule has 170 valence electrons. The number of thioether (sulfide) groups is 1. The lowest BCUT2D eigenvalue weighted by Crippen LogP contribution is -2.34. The molecule has 4 nitrogen and oxygen atoms in total. The number of aromatic nitrogens is 1. The monoisotopic (exact) mass is 480 g/mol. The molecular formula is C26H25FN2O2S2. The molecule has 2 aliphatic carbocycles. The largest absolute Gasteiger partial charge is 0.325 e. The molecule has 2 saturated carbocycles. The number of carbonyl (C=O) groups excluding carboxylic acids is 1. The Labute approximate surface area is 200 Å². The molecule has 33 heavy (non-hydrogen) atoms. The van der Waals surface area contributed by atoms with Gasteiger partial charge in [0.1, 0.15) is 12.4 Å². The molecule has 3 aliphatic rings. The molecule has 2 bridgehead atoms. The second-order valence-electron chi connectivity index (χ2n) is 9.56. The molecule has 5 atom stereocenters. The molecule has 2 heterocycles. The first-order valence-electron chi connectivity index (χ1n) is 11.5. The molecule has 2 fully saturated rings. The van der Waals surface area contributed by atoms with Crippen LogP contribution in [0.25, 0.3) is 0 Å². The molecular weight excluding hydrogens is 455 g/mol. The predicted octanol–water partition coefficient (Wildman–Crippen LogP) is 5.65. The average molecular weight is 481 g/mol. The van der Waals surface area contributed by atoms with Gasteiger partial charge in [-0.1, -0.05) is 41.2 Å². The van der Waals surface area contributed by atoms with Crippen LogP contribution < -0.4 is 10.2 Å². The maximum atomic E-state index is 13.7. The smallest absolute Gasteiger partial charge is 0.308 e. The van der Waals surface area contributed by atoms with Gasteiger partial charge in [0, 0.05) is 21.7 Å². The van der Waals surface area contributed by atoms with Gasteiger partial charge in [0.25, 0.3) is 0 Å². The maximum Gasteiger partial charge on any atom is 0.308 e. The third-order valence-corrected chi connectivity index (χ3v) is 10.4. The van der Waals surface area contributed by atoms with E-state index in [1.165, 1.54) is 42.7 Å². The van der Waals surface area contributed by atoms with Crippen molar-refractivity contribution in [1.29, 1.82) is 0 Å². The van der Waals surface area contributed by atoms with Gasteiger partial charge < -0.3 is 5.32 Å². The van der Waals surface area contributed by atoms with Crippen molar-refractivity contribution in [3.63, 3.8) is 0 Å².